The number of carboxylic acid groups (broad SMARTS) is 1. The number of nitrogens with one attached hydrogen (secondary N) is 1. The van der Waals surface area contributed by atoms with Crippen LogP contribution in [0.1, 0.15) is 29.6 Å². The summed E-state index contributed by atoms with van der Waals surface area (Å²) in [6.45, 7) is 0.894. The van der Waals surface area contributed by atoms with Gasteiger partial charge in [0.25, 0.3) is 5.91 Å². The van der Waals surface area contributed by atoms with Gasteiger partial charge in [-0.05, 0) is 36.6 Å². The van der Waals surface area contributed by atoms with Crippen LogP contribution in [0.5, 0.6) is 0 Å². The zero-order chi connectivity index (χ0) is 17.0. The Kier molecular flexibility index (Phi) is 4.66. The number of rotatable bonds is 5. The molecule has 1 amide bonds. The van der Waals surface area contributed by atoms with Crippen LogP contribution < -0.4 is 5.32 Å². The largest absolute Gasteiger partial charge is 0.481 e. The molecule has 1 fully saturated rings. The van der Waals surface area contributed by atoms with Crippen molar-refractivity contribution in [3.8, 4) is 11.1 Å². The van der Waals surface area contributed by atoms with E-state index in [4.69, 9.17) is 9.15 Å². The number of benzene rings is 1. The summed E-state index contributed by atoms with van der Waals surface area (Å²) in [6.07, 6.45) is 4.07. The number of carbonyl (C=O) groups is 2. The Hall–Kier alpha value is -2.60. The van der Waals surface area contributed by atoms with Gasteiger partial charge in [-0.15, -0.1) is 0 Å². The second-order valence-electron chi connectivity index (χ2n) is 6.01. The van der Waals surface area contributed by atoms with E-state index in [1.54, 1.807) is 30.7 Å². The molecule has 2 aromatic rings. The molecular weight excluding hydrogens is 310 g/mol. The van der Waals surface area contributed by atoms with Crippen molar-refractivity contribution in [2.45, 2.75) is 24.8 Å². The quantitative estimate of drug-likeness (QED) is 0.880. The molecule has 1 aromatic heterocycles. The number of aliphatic carboxylic acids is 1. The fourth-order valence-electron chi connectivity index (χ4n) is 2.98. The summed E-state index contributed by atoms with van der Waals surface area (Å²) in [5, 5.41) is 12.1. The summed E-state index contributed by atoms with van der Waals surface area (Å²) in [6, 6.07) is 9.00. The second kappa shape index (κ2) is 6.88. The summed E-state index contributed by atoms with van der Waals surface area (Å²) >= 11 is 0. The van der Waals surface area contributed by atoms with Crippen molar-refractivity contribution in [1.29, 1.82) is 0 Å². The lowest BCUT2D eigenvalue weighted by Crippen LogP contribution is -2.53. The van der Waals surface area contributed by atoms with Gasteiger partial charge in [-0.1, -0.05) is 12.1 Å². The van der Waals surface area contributed by atoms with Crippen molar-refractivity contribution in [3.63, 3.8) is 0 Å². The molecule has 1 aromatic carbocycles. The van der Waals surface area contributed by atoms with Crippen molar-refractivity contribution >= 4 is 11.9 Å². The molecule has 1 aliphatic rings. The standard InChI is InChI=1S/C18H19NO5/c20-16(21)11-18(5-8-23-9-6-18)19-17(22)14-3-1-2-13(10-14)15-4-7-24-12-15/h1-4,7,10,12H,5-6,8-9,11H2,(H,19,22)(H,20,21). The summed E-state index contributed by atoms with van der Waals surface area (Å²) < 4.78 is 10.4. The number of amides is 1. The Morgan fingerprint density at radius 2 is 1.96 bits per heavy atom. The monoisotopic (exact) mass is 329 g/mol. The van der Waals surface area contributed by atoms with Crippen molar-refractivity contribution in [3.05, 3.63) is 48.4 Å². The van der Waals surface area contributed by atoms with Crippen molar-refractivity contribution < 1.29 is 23.8 Å². The smallest absolute Gasteiger partial charge is 0.305 e. The third-order valence-electron chi connectivity index (χ3n) is 4.30. The topological polar surface area (TPSA) is 88.8 Å². The maximum Gasteiger partial charge on any atom is 0.305 e. The van der Waals surface area contributed by atoms with Crippen LogP contribution in [0.15, 0.2) is 47.3 Å². The van der Waals surface area contributed by atoms with Gasteiger partial charge in [-0.3, -0.25) is 9.59 Å². The summed E-state index contributed by atoms with van der Waals surface area (Å²) in [7, 11) is 0. The molecule has 1 saturated heterocycles. The van der Waals surface area contributed by atoms with Gasteiger partial charge in [-0.25, -0.2) is 0 Å². The summed E-state index contributed by atoms with van der Waals surface area (Å²) in [5.74, 6) is -1.20. The minimum Gasteiger partial charge on any atom is -0.481 e. The van der Waals surface area contributed by atoms with Gasteiger partial charge in [0, 0.05) is 24.3 Å². The maximum absolute atomic E-state index is 12.7. The molecule has 6 heteroatoms. The van der Waals surface area contributed by atoms with Crippen LogP contribution in [-0.2, 0) is 9.53 Å². The molecule has 0 atom stereocenters. The molecule has 24 heavy (non-hydrogen) atoms. The molecule has 0 radical (unpaired) electrons. The molecule has 0 bridgehead atoms. The maximum atomic E-state index is 12.7. The van der Waals surface area contributed by atoms with Gasteiger partial charge in [0.2, 0.25) is 0 Å². The lowest BCUT2D eigenvalue weighted by atomic mass is 9.86. The number of hydrogen-bond donors (Lipinski definition) is 2. The SMILES string of the molecule is O=C(O)CC1(NC(=O)c2cccc(-c3ccoc3)c2)CCOCC1. The molecule has 126 valence electrons. The predicted molar refractivity (Wildman–Crippen MR) is 86.6 cm³/mol. The first-order chi connectivity index (χ1) is 11.6. The highest BCUT2D eigenvalue weighted by atomic mass is 16.5. The van der Waals surface area contributed by atoms with Crippen LogP contribution in [0.3, 0.4) is 0 Å². The number of ether oxygens (including phenoxy) is 1. The van der Waals surface area contributed by atoms with Crippen LogP contribution in [0, 0.1) is 0 Å². The molecule has 1 aliphatic heterocycles. The average molecular weight is 329 g/mol. The highest BCUT2D eigenvalue weighted by molar-refractivity contribution is 5.96. The van der Waals surface area contributed by atoms with Gasteiger partial charge in [0.1, 0.15) is 0 Å². The Morgan fingerprint density at radius 1 is 1.17 bits per heavy atom. The highest BCUT2D eigenvalue weighted by Gasteiger charge is 2.36. The number of furan rings is 1. The molecule has 0 unspecified atom stereocenters. The minimum absolute atomic E-state index is 0.108. The van der Waals surface area contributed by atoms with Crippen molar-refractivity contribution in [1.82, 2.24) is 5.32 Å². The average Bonchev–Trinajstić information content (AvgIpc) is 3.09. The molecule has 3 rings (SSSR count). The highest BCUT2D eigenvalue weighted by Crippen LogP contribution is 2.26. The Morgan fingerprint density at radius 3 is 2.62 bits per heavy atom. The number of hydrogen-bond acceptors (Lipinski definition) is 4. The van der Waals surface area contributed by atoms with E-state index in [0.29, 0.717) is 31.6 Å². The first-order valence-corrected chi connectivity index (χ1v) is 7.83. The van der Waals surface area contributed by atoms with E-state index in [0.717, 1.165) is 11.1 Å². The van der Waals surface area contributed by atoms with E-state index in [2.05, 4.69) is 5.32 Å². The van der Waals surface area contributed by atoms with Gasteiger partial charge >= 0.3 is 5.97 Å². The fourth-order valence-corrected chi connectivity index (χ4v) is 2.98. The Bertz CT molecular complexity index is 717. The Labute approximate surface area is 139 Å². The molecule has 0 spiro atoms. The lowest BCUT2D eigenvalue weighted by Gasteiger charge is -2.36. The first kappa shape index (κ1) is 16.3. The second-order valence-corrected chi connectivity index (χ2v) is 6.01. The predicted octanol–water partition coefficient (Wildman–Crippen LogP) is 2.70. The summed E-state index contributed by atoms with van der Waals surface area (Å²) in [5.41, 5.74) is 1.49. The first-order valence-electron chi connectivity index (χ1n) is 7.83. The van der Waals surface area contributed by atoms with Crippen LogP contribution in [-0.4, -0.2) is 35.7 Å². The molecule has 2 N–H and O–H groups in total. The van der Waals surface area contributed by atoms with Crippen LogP contribution in [0.4, 0.5) is 0 Å². The minimum atomic E-state index is -0.927. The summed E-state index contributed by atoms with van der Waals surface area (Å²) in [4.78, 5) is 23.9. The van der Waals surface area contributed by atoms with E-state index >= 15 is 0 Å². The molecule has 6 nitrogen and oxygen atoms in total. The molecular formula is C18H19NO5. The zero-order valence-corrected chi connectivity index (χ0v) is 13.2. The molecule has 2 heterocycles. The third kappa shape index (κ3) is 3.65. The number of carbonyl (C=O) groups excluding carboxylic acids is 1. The van der Waals surface area contributed by atoms with Gasteiger partial charge in [0.05, 0.1) is 24.5 Å². The van der Waals surface area contributed by atoms with E-state index in [-0.39, 0.29) is 12.3 Å². The lowest BCUT2D eigenvalue weighted by molar-refractivity contribution is -0.139. The fraction of sp³-hybridized carbons (Fsp3) is 0.333. The third-order valence-corrected chi connectivity index (χ3v) is 4.30. The van der Waals surface area contributed by atoms with Crippen LogP contribution >= 0.6 is 0 Å². The van der Waals surface area contributed by atoms with E-state index in [1.807, 2.05) is 12.1 Å². The molecule has 0 aliphatic carbocycles. The normalized spacial score (nSPS) is 16.5. The van der Waals surface area contributed by atoms with Gasteiger partial charge < -0.3 is 19.6 Å². The molecule has 0 saturated carbocycles. The van der Waals surface area contributed by atoms with Crippen molar-refractivity contribution in [2.24, 2.45) is 0 Å². The van der Waals surface area contributed by atoms with Crippen molar-refractivity contribution in [2.75, 3.05) is 13.2 Å². The van der Waals surface area contributed by atoms with Crippen LogP contribution in [0.25, 0.3) is 11.1 Å². The van der Waals surface area contributed by atoms with Gasteiger partial charge in [0.15, 0.2) is 0 Å². The van der Waals surface area contributed by atoms with Crippen LogP contribution in [0.2, 0.25) is 0 Å². The zero-order valence-electron chi connectivity index (χ0n) is 13.2. The van der Waals surface area contributed by atoms with E-state index in [1.165, 1.54) is 0 Å². The van der Waals surface area contributed by atoms with E-state index < -0.39 is 11.5 Å². The van der Waals surface area contributed by atoms with E-state index in [9.17, 15) is 14.7 Å². The Balaban J connectivity index is 1.80. The van der Waals surface area contributed by atoms with Gasteiger partial charge in [-0.2, -0.15) is 0 Å². The number of carboxylic acids is 1.